The Labute approximate surface area is 293 Å². The van der Waals surface area contributed by atoms with Crippen LogP contribution in [0.4, 0.5) is 0 Å². The van der Waals surface area contributed by atoms with E-state index in [-0.39, 0.29) is 0 Å². The highest BCUT2D eigenvalue weighted by atomic mass is 15.0. The zero-order valence-corrected chi connectivity index (χ0v) is 27.6. The molecule has 3 nitrogen and oxygen atoms in total. The lowest BCUT2D eigenvalue weighted by atomic mass is 9.86. The van der Waals surface area contributed by atoms with Crippen LogP contribution in [0.5, 0.6) is 0 Å². The van der Waals surface area contributed by atoms with Gasteiger partial charge in [-0.15, -0.1) is 0 Å². The SMILES string of the molecule is c1cc(-c2ccc3c(c2)nc2c4ccccc4c4ccccc4n32)nc(-c2c3ccccc3c(-c3ccc4ccccc4c3)c3ccccc23)c1. The van der Waals surface area contributed by atoms with Gasteiger partial charge in [0.05, 0.1) is 27.9 Å². The van der Waals surface area contributed by atoms with Crippen LogP contribution >= 0.6 is 0 Å². The Bertz CT molecular complexity index is 3150. The first kappa shape index (κ1) is 28.0. The predicted octanol–water partition coefficient (Wildman–Crippen LogP) is 12.6. The molecule has 8 aromatic carbocycles. The van der Waals surface area contributed by atoms with Crippen LogP contribution < -0.4 is 0 Å². The zero-order valence-electron chi connectivity index (χ0n) is 27.6. The number of fused-ring (bicyclic) bond motifs is 11. The van der Waals surface area contributed by atoms with Crippen LogP contribution in [0.2, 0.25) is 0 Å². The van der Waals surface area contributed by atoms with Gasteiger partial charge in [0.2, 0.25) is 0 Å². The number of para-hydroxylation sites is 1. The first-order chi connectivity index (χ1) is 25.3. The van der Waals surface area contributed by atoms with Crippen molar-refractivity contribution in [1.29, 1.82) is 0 Å². The smallest absolute Gasteiger partial charge is 0.146 e. The molecule has 0 unspecified atom stereocenters. The summed E-state index contributed by atoms with van der Waals surface area (Å²) < 4.78 is 2.30. The van der Waals surface area contributed by atoms with Gasteiger partial charge < -0.3 is 0 Å². The Morgan fingerprint density at radius 3 is 1.69 bits per heavy atom. The van der Waals surface area contributed by atoms with Crippen molar-refractivity contribution in [2.45, 2.75) is 0 Å². The summed E-state index contributed by atoms with van der Waals surface area (Å²) in [6, 6.07) is 63.1. The molecule has 236 valence electrons. The van der Waals surface area contributed by atoms with Crippen molar-refractivity contribution in [3.8, 4) is 33.6 Å². The van der Waals surface area contributed by atoms with Crippen molar-refractivity contribution in [2.24, 2.45) is 0 Å². The largest absolute Gasteiger partial charge is 0.292 e. The summed E-state index contributed by atoms with van der Waals surface area (Å²) in [5.74, 6) is 0. The molecule has 11 aromatic rings. The maximum atomic E-state index is 5.38. The van der Waals surface area contributed by atoms with Crippen LogP contribution in [0.1, 0.15) is 0 Å². The molecule has 51 heavy (non-hydrogen) atoms. The highest BCUT2D eigenvalue weighted by Gasteiger charge is 2.19. The first-order valence-corrected chi connectivity index (χ1v) is 17.4. The monoisotopic (exact) mass is 647 g/mol. The molecule has 0 saturated heterocycles. The van der Waals surface area contributed by atoms with Crippen molar-refractivity contribution in [3.63, 3.8) is 0 Å². The molecule has 0 atom stereocenters. The van der Waals surface area contributed by atoms with Gasteiger partial charge in [0.15, 0.2) is 0 Å². The van der Waals surface area contributed by atoms with Gasteiger partial charge in [0.25, 0.3) is 0 Å². The Balaban J connectivity index is 1.12. The minimum Gasteiger partial charge on any atom is -0.292 e. The molecule has 3 heterocycles. The lowest BCUT2D eigenvalue weighted by Gasteiger charge is -2.18. The fourth-order valence-electron chi connectivity index (χ4n) is 8.27. The Kier molecular flexibility index (Phi) is 5.96. The van der Waals surface area contributed by atoms with Gasteiger partial charge in [-0.3, -0.25) is 4.40 Å². The number of rotatable bonds is 3. The molecule has 3 heteroatoms. The van der Waals surface area contributed by atoms with E-state index in [4.69, 9.17) is 9.97 Å². The van der Waals surface area contributed by atoms with Crippen LogP contribution in [0, 0.1) is 0 Å². The van der Waals surface area contributed by atoms with E-state index in [9.17, 15) is 0 Å². The van der Waals surface area contributed by atoms with Gasteiger partial charge in [0, 0.05) is 21.9 Å². The quantitative estimate of drug-likeness (QED) is 0.141. The predicted molar refractivity (Wildman–Crippen MR) is 214 cm³/mol. The normalized spacial score (nSPS) is 11.9. The molecular weight excluding hydrogens is 619 g/mol. The van der Waals surface area contributed by atoms with E-state index >= 15 is 0 Å². The second kappa shape index (κ2) is 10.8. The maximum absolute atomic E-state index is 5.38. The second-order valence-corrected chi connectivity index (χ2v) is 13.3. The molecule has 0 aliphatic heterocycles. The molecule has 0 spiro atoms. The minimum absolute atomic E-state index is 0.924. The average Bonchev–Trinajstić information content (AvgIpc) is 3.59. The molecule has 0 aliphatic carbocycles. The van der Waals surface area contributed by atoms with E-state index in [1.165, 1.54) is 54.2 Å². The first-order valence-electron chi connectivity index (χ1n) is 17.4. The lowest BCUT2D eigenvalue weighted by Crippen LogP contribution is -1.94. The number of hydrogen-bond donors (Lipinski definition) is 0. The van der Waals surface area contributed by atoms with Gasteiger partial charge in [-0.25, -0.2) is 9.97 Å². The molecule has 0 saturated carbocycles. The third-order valence-electron chi connectivity index (χ3n) is 10.5. The van der Waals surface area contributed by atoms with Crippen LogP contribution in [-0.4, -0.2) is 14.4 Å². The minimum atomic E-state index is 0.924. The molecule has 11 rings (SSSR count). The van der Waals surface area contributed by atoms with Crippen LogP contribution in [0.15, 0.2) is 176 Å². The van der Waals surface area contributed by atoms with Gasteiger partial charge in [0.1, 0.15) is 5.65 Å². The van der Waals surface area contributed by atoms with Gasteiger partial charge in [-0.2, -0.15) is 0 Å². The molecule has 0 amide bonds. The highest BCUT2D eigenvalue weighted by Crippen LogP contribution is 2.44. The van der Waals surface area contributed by atoms with Gasteiger partial charge >= 0.3 is 0 Å². The lowest BCUT2D eigenvalue weighted by molar-refractivity contribution is 1.31. The van der Waals surface area contributed by atoms with E-state index in [2.05, 4.69) is 180 Å². The fourth-order valence-corrected chi connectivity index (χ4v) is 8.27. The Morgan fingerprint density at radius 1 is 0.333 bits per heavy atom. The molecular formula is C48H29N3. The maximum Gasteiger partial charge on any atom is 0.146 e. The van der Waals surface area contributed by atoms with Gasteiger partial charge in [-0.1, -0.05) is 140 Å². The topological polar surface area (TPSA) is 30.2 Å². The standard InChI is InChI=1S/C48H29N3/c1-2-13-31-28-33(25-24-30(31)12-1)46-36-16-4-6-18-38(36)47(39-19-7-5-17-37(39)46)42-22-11-21-41(49-42)32-26-27-45-43(29-32)50-48-40-20-8-3-14-34(40)35-15-9-10-23-44(35)51(45)48/h1-29H. The number of hydrogen-bond acceptors (Lipinski definition) is 2. The molecule has 0 radical (unpaired) electrons. The van der Waals surface area contributed by atoms with Crippen molar-refractivity contribution >= 4 is 70.7 Å². The van der Waals surface area contributed by atoms with Crippen LogP contribution in [0.25, 0.3) is 104 Å². The zero-order chi connectivity index (χ0) is 33.5. The number of aromatic nitrogens is 3. The summed E-state index contributed by atoms with van der Waals surface area (Å²) in [7, 11) is 0. The third-order valence-corrected chi connectivity index (χ3v) is 10.5. The highest BCUT2D eigenvalue weighted by molar-refractivity contribution is 6.21. The summed E-state index contributed by atoms with van der Waals surface area (Å²) in [6.45, 7) is 0. The van der Waals surface area contributed by atoms with Crippen LogP contribution in [0.3, 0.4) is 0 Å². The van der Waals surface area contributed by atoms with E-state index < -0.39 is 0 Å². The fraction of sp³-hybridized carbons (Fsp3) is 0. The van der Waals surface area contributed by atoms with E-state index in [1.54, 1.807) is 0 Å². The number of pyridine rings is 2. The van der Waals surface area contributed by atoms with E-state index in [0.29, 0.717) is 0 Å². The molecule has 0 aliphatic rings. The summed E-state index contributed by atoms with van der Waals surface area (Å²) in [6.07, 6.45) is 0. The van der Waals surface area contributed by atoms with Crippen LogP contribution in [-0.2, 0) is 0 Å². The molecule has 3 aromatic heterocycles. The summed E-state index contributed by atoms with van der Waals surface area (Å²) in [5, 5.41) is 10.9. The summed E-state index contributed by atoms with van der Waals surface area (Å²) in [4.78, 5) is 10.6. The summed E-state index contributed by atoms with van der Waals surface area (Å²) in [5.41, 5.74) is 10.7. The van der Waals surface area contributed by atoms with Crippen molar-refractivity contribution in [1.82, 2.24) is 14.4 Å². The average molecular weight is 648 g/mol. The number of nitrogens with zero attached hydrogens (tertiary/aromatic N) is 3. The second-order valence-electron chi connectivity index (χ2n) is 13.3. The van der Waals surface area contributed by atoms with E-state index in [0.717, 1.165) is 50.1 Å². The third kappa shape index (κ3) is 4.19. The summed E-state index contributed by atoms with van der Waals surface area (Å²) >= 11 is 0. The molecule has 0 N–H and O–H groups in total. The molecule has 0 bridgehead atoms. The van der Waals surface area contributed by atoms with Crippen molar-refractivity contribution in [2.75, 3.05) is 0 Å². The number of imidazole rings is 1. The van der Waals surface area contributed by atoms with Gasteiger partial charge in [-0.05, 0) is 85.2 Å². The number of benzene rings is 8. The Morgan fingerprint density at radius 2 is 0.922 bits per heavy atom. The van der Waals surface area contributed by atoms with Crippen molar-refractivity contribution in [3.05, 3.63) is 176 Å². The molecule has 0 fully saturated rings. The van der Waals surface area contributed by atoms with E-state index in [1.807, 2.05) is 0 Å². The van der Waals surface area contributed by atoms with Crippen molar-refractivity contribution < 1.29 is 0 Å². The Hall–Kier alpha value is -6.84.